The number of nitrogens with one attached hydrogen (secondary N) is 2. The molecule has 30 heavy (non-hydrogen) atoms. The van der Waals surface area contributed by atoms with E-state index in [2.05, 4.69) is 29.7 Å². The lowest BCUT2D eigenvalue weighted by Crippen LogP contribution is -2.42. The molecule has 1 atom stereocenters. The number of furan rings is 1. The Morgan fingerprint density at radius 3 is 2.93 bits per heavy atom. The smallest absolute Gasteiger partial charge is 0.191 e. The Morgan fingerprint density at radius 1 is 1.23 bits per heavy atom. The van der Waals surface area contributed by atoms with E-state index < -0.39 is 0 Å². The van der Waals surface area contributed by atoms with E-state index in [1.807, 2.05) is 24.3 Å². The van der Waals surface area contributed by atoms with Crippen LogP contribution in [0.5, 0.6) is 5.75 Å². The largest absolute Gasteiger partial charge is 0.493 e. The van der Waals surface area contributed by atoms with Gasteiger partial charge in [0.2, 0.25) is 0 Å². The van der Waals surface area contributed by atoms with Crippen molar-refractivity contribution in [2.75, 3.05) is 32.9 Å². The van der Waals surface area contributed by atoms with E-state index in [0.29, 0.717) is 12.0 Å². The van der Waals surface area contributed by atoms with Gasteiger partial charge < -0.3 is 24.5 Å². The number of rotatable bonds is 10. The molecule has 162 valence electrons. The number of guanidine groups is 1. The molecule has 0 bridgehead atoms. The van der Waals surface area contributed by atoms with Crippen LogP contribution in [-0.4, -0.2) is 38.9 Å². The zero-order valence-corrected chi connectivity index (χ0v) is 17.9. The Kier molecular flexibility index (Phi) is 6.95. The number of hydrogen-bond donors (Lipinski definition) is 2. The quantitative estimate of drug-likeness (QED) is 0.350. The third-order valence-electron chi connectivity index (χ3n) is 6.02. The molecule has 1 fully saturated rings. The lowest BCUT2D eigenvalue weighted by atomic mass is 10.0. The summed E-state index contributed by atoms with van der Waals surface area (Å²) >= 11 is 0. The van der Waals surface area contributed by atoms with Gasteiger partial charge in [-0.15, -0.1) is 0 Å². The average Bonchev–Trinajstić information content (AvgIpc) is 3.34. The molecule has 1 aliphatic heterocycles. The van der Waals surface area contributed by atoms with Gasteiger partial charge in [-0.25, -0.2) is 0 Å². The third kappa shape index (κ3) is 5.57. The van der Waals surface area contributed by atoms with E-state index in [1.165, 1.54) is 18.4 Å². The molecule has 0 saturated heterocycles. The van der Waals surface area contributed by atoms with Gasteiger partial charge in [0.1, 0.15) is 11.5 Å². The van der Waals surface area contributed by atoms with E-state index in [1.54, 1.807) is 6.26 Å². The maximum atomic E-state index is 5.82. The van der Waals surface area contributed by atoms with Crippen molar-refractivity contribution in [3.63, 3.8) is 0 Å². The molecule has 6 nitrogen and oxygen atoms in total. The summed E-state index contributed by atoms with van der Waals surface area (Å²) in [7, 11) is 0. The number of nitrogens with zero attached hydrogens (tertiary/aromatic N) is 1. The SMILES string of the molecule is CCOCCC1(CN=C(NCCc2ccco2)NC2CCOc3ccccc32)CC1. The first-order valence-electron chi connectivity index (χ1n) is 11.1. The molecular weight excluding hydrogens is 378 g/mol. The molecule has 2 aliphatic rings. The highest BCUT2D eigenvalue weighted by atomic mass is 16.5. The third-order valence-corrected chi connectivity index (χ3v) is 6.02. The summed E-state index contributed by atoms with van der Waals surface area (Å²) in [6.45, 7) is 5.98. The second kappa shape index (κ2) is 10.0. The first-order chi connectivity index (χ1) is 14.8. The summed E-state index contributed by atoms with van der Waals surface area (Å²) < 4.78 is 16.9. The van der Waals surface area contributed by atoms with Gasteiger partial charge in [0.25, 0.3) is 0 Å². The Bertz CT molecular complexity index is 815. The highest BCUT2D eigenvalue weighted by Crippen LogP contribution is 2.49. The van der Waals surface area contributed by atoms with Crippen LogP contribution in [-0.2, 0) is 11.2 Å². The molecule has 1 unspecified atom stereocenters. The molecule has 2 heterocycles. The van der Waals surface area contributed by atoms with Crippen LogP contribution in [0.3, 0.4) is 0 Å². The summed E-state index contributed by atoms with van der Waals surface area (Å²) in [4.78, 5) is 4.99. The minimum absolute atomic E-state index is 0.198. The second-order valence-electron chi connectivity index (χ2n) is 8.24. The Labute approximate surface area is 179 Å². The number of aliphatic imine (C=N–C) groups is 1. The lowest BCUT2D eigenvalue weighted by molar-refractivity contribution is 0.129. The summed E-state index contributed by atoms with van der Waals surface area (Å²) in [6.07, 6.45) is 7.03. The minimum atomic E-state index is 0.198. The molecule has 1 aromatic carbocycles. The number of ether oxygens (including phenoxy) is 2. The fraction of sp³-hybridized carbons (Fsp3) is 0.542. The number of hydrogen-bond acceptors (Lipinski definition) is 4. The zero-order chi connectivity index (χ0) is 20.7. The summed E-state index contributed by atoms with van der Waals surface area (Å²) in [5.74, 6) is 2.81. The fourth-order valence-electron chi connectivity index (χ4n) is 3.91. The zero-order valence-electron chi connectivity index (χ0n) is 17.9. The summed E-state index contributed by atoms with van der Waals surface area (Å²) in [5, 5.41) is 7.17. The summed E-state index contributed by atoms with van der Waals surface area (Å²) in [5.41, 5.74) is 1.51. The van der Waals surface area contributed by atoms with Crippen LogP contribution >= 0.6 is 0 Å². The lowest BCUT2D eigenvalue weighted by Gasteiger charge is -2.28. The Balaban J connectivity index is 1.40. The maximum absolute atomic E-state index is 5.82. The van der Waals surface area contributed by atoms with E-state index in [0.717, 1.165) is 63.0 Å². The van der Waals surface area contributed by atoms with E-state index >= 15 is 0 Å². The monoisotopic (exact) mass is 411 g/mol. The highest BCUT2D eigenvalue weighted by molar-refractivity contribution is 5.80. The molecule has 0 spiro atoms. The topological polar surface area (TPSA) is 68.0 Å². The van der Waals surface area contributed by atoms with Crippen molar-refractivity contribution in [1.29, 1.82) is 0 Å². The average molecular weight is 412 g/mol. The first kappa shape index (κ1) is 20.8. The van der Waals surface area contributed by atoms with Crippen LogP contribution in [0.4, 0.5) is 0 Å². The Morgan fingerprint density at radius 2 is 2.13 bits per heavy atom. The molecule has 1 saturated carbocycles. The van der Waals surface area contributed by atoms with Crippen molar-refractivity contribution < 1.29 is 13.9 Å². The van der Waals surface area contributed by atoms with Crippen LogP contribution in [0, 0.1) is 5.41 Å². The minimum Gasteiger partial charge on any atom is -0.493 e. The molecule has 0 radical (unpaired) electrons. The van der Waals surface area contributed by atoms with Crippen LogP contribution in [0.25, 0.3) is 0 Å². The molecule has 1 aliphatic carbocycles. The van der Waals surface area contributed by atoms with Gasteiger partial charge in [0.05, 0.1) is 18.9 Å². The molecule has 2 N–H and O–H groups in total. The predicted molar refractivity (Wildman–Crippen MR) is 118 cm³/mol. The van der Waals surface area contributed by atoms with Crippen molar-refractivity contribution in [3.8, 4) is 5.75 Å². The van der Waals surface area contributed by atoms with Gasteiger partial charge in [-0.05, 0) is 49.8 Å². The van der Waals surface area contributed by atoms with E-state index in [9.17, 15) is 0 Å². The number of benzene rings is 1. The van der Waals surface area contributed by atoms with Gasteiger partial charge in [-0.1, -0.05) is 18.2 Å². The van der Waals surface area contributed by atoms with E-state index in [-0.39, 0.29) is 6.04 Å². The van der Waals surface area contributed by atoms with Gasteiger partial charge in [0.15, 0.2) is 5.96 Å². The highest BCUT2D eigenvalue weighted by Gasteiger charge is 2.42. The van der Waals surface area contributed by atoms with Gasteiger partial charge >= 0.3 is 0 Å². The maximum Gasteiger partial charge on any atom is 0.191 e. The van der Waals surface area contributed by atoms with Gasteiger partial charge in [0, 0.05) is 44.7 Å². The van der Waals surface area contributed by atoms with Crippen LogP contribution < -0.4 is 15.4 Å². The molecule has 0 amide bonds. The summed E-state index contributed by atoms with van der Waals surface area (Å²) in [6, 6.07) is 12.4. The molecule has 4 rings (SSSR count). The predicted octanol–water partition coefficient (Wildman–Crippen LogP) is 4.09. The van der Waals surface area contributed by atoms with Gasteiger partial charge in [-0.3, -0.25) is 4.99 Å². The number of fused-ring (bicyclic) bond motifs is 1. The molecule has 6 heteroatoms. The number of para-hydroxylation sites is 1. The van der Waals surface area contributed by atoms with Gasteiger partial charge in [-0.2, -0.15) is 0 Å². The van der Waals surface area contributed by atoms with Crippen LogP contribution in [0.2, 0.25) is 0 Å². The van der Waals surface area contributed by atoms with Crippen molar-refractivity contribution in [2.45, 2.75) is 45.1 Å². The first-order valence-corrected chi connectivity index (χ1v) is 11.1. The van der Waals surface area contributed by atoms with Crippen molar-refractivity contribution in [2.24, 2.45) is 10.4 Å². The normalized spacial score (nSPS) is 19.6. The molecule has 1 aromatic heterocycles. The molecular formula is C24H33N3O3. The van der Waals surface area contributed by atoms with Crippen molar-refractivity contribution >= 4 is 5.96 Å². The van der Waals surface area contributed by atoms with E-state index in [4.69, 9.17) is 18.9 Å². The second-order valence-corrected chi connectivity index (χ2v) is 8.24. The van der Waals surface area contributed by atoms with Crippen LogP contribution in [0.15, 0.2) is 52.1 Å². The standard InChI is InChI=1S/C24H33N3O3/c1-2-28-17-13-24(11-12-24)18-26-23(25-14-9-19-6-5-15-29-19)27-21-10-16-30-22-8-4-3-7-20(21)22/h3-8,15,21H,2,9-14,16-18H2,1H3,(H2,25,26,27). The van der Waals surface area contributed by atoms with Crippen LogP contribution in [0.1, 0.15) is 50.0 Å². The fourth-order valence-corrected chi connectivity index (χ4v) is 3.91. The van der Waals surface area contributed by atoms with Crippen molar-refractivity contribution in [3.05, 3.63) is 54.0 Å². The Hall–Kier alpha value is -2.47. The van der Waals surface area contributed by atoms with Crippen molar-refractivity contribution in [1.82, 2.24) is 10.6 Å². The molecule has 2 aromatic rings.